The molecule has 0 bridgehead atoms. The molecule has 0 atom stereocenters. The average molecular weight is 245 g/mol. The maximum atomic E-state index is 10.2. The fourth-order valence-corrected chi connectivity index (χ4v) is 2.19. The zero-order chi connectivity index (χ0) is 11.3. The molecule has 82 valence electrons. The van der Waals surface area contributed by atoms with Gasteiger partial charge >= 0.3 is 0 Å². The first-order chi connectivity index (χ1) is 7.19. The van der Waals surface area contributed by atoms with Crippen LogP contribution in [0.5, 0.6) is 5.75 Å². The molecular weight excluding hydrogens is 232 g/mol. The largest absolute Gasteiger partial charge is 0.486 e. The molecule has 0 saturated heterocycles. The molecule has 0 radical (unpaired) electrons. The van der Waals surface area contributed by atoms with Gasteiger partial charge in [0.05, 0.1) is 0 Å². The van der Waals surface area contributed by atoms with Crippen molar-refractivity contribution in [2.75, 3.05) is 6.61 Å². The molecule has 0 aliphatic heterocycles. The van der Waals surface area contributed by atoms with Gasteiger partial charge in [0.1, 0.15) is 12.4 Å². The molecular formula is C11H13ClO2S. The van der Waals surface area contributed by atoms with E-state index in [9.17, 15) is 4.79 Å². The van der Waals surface area contributed by atoms with Crippen molar-refractivity contribution in [1.82, 2.24) is 0 Å². The highest BCUT2D eigenvalue weighted by Crippen LogP contribution is 2.33. The molecule has 0 heterocycles. The van der Waals surface area contributed by atoms with E-state index >= 15 is 0 Å². The first kappa shape index (κ1) is 12.4. The SMILES string of the molecule is CC(C)c1cc(OCC=O)ccc1SCl. The Kier molecular flexibility index (Phi) is 4.99. The van der Waals surface area contributed by atoms with E-state index < -0.39 is 0 Å². The Morgan fingerprint density at radius 2 is 2.27 bits per heavy atom. The molecule has 0 spiro atoms. The number of carbonyl (C=O) groups is 1. The van der Waals surface area contributed by atoms with Gasteiger partial charge in [-0.25, -0.2) is 0 Å². The molecule has 0 amide bonds. The zero-order valence-corrected chi connectivity index (χ0v) is 10.3. The van der Waals surface area contributed by atoms with Crippen LogP contribution < -0.4 is 4.74 Å². The Balaban J connectivity index is 2.94. The minimum Gasteiger partial charge on any atom is -0.486 e. The van der Waals surface area contributed by atoms with E-state index in [0.717, 1.165) is 16.7 Å². The molecule has 15 heavy (non-hydrogen) atoms. The van der Waals surface area contributed by atoms with E-state index in [1.54, 1.807) is 0 Å². The topological polar surface area (TPSA) is 26.3 Å². The second-order valence-electron chi connectivity index (χ2n) is 3.41. The van der Waals surface area contributed by atoms with Crippen molar-refractivity contribution in [3.8, 4) is 5.75 Å². The Morgan fingerprint density at radius 3 is 2.80 bits per heavy atom. The molecule has 1 rings (SSSR count). The average Bonchev–Trinajstić information content (AvgIpc) is 2.25. The molecule has 0 N–H and O–H groups in total. The summed E-state index contributed by atoms with van der Waals surface area (Å²) >= 11 is 0. The van der Waals surface area contributed by atoms with Crippen LogP contribution in [0.1, 0.15) is 25.3 Å². The van der Waals surface area contributed by atoms with E-state index in [4.69, 9.17) is 15.4 Å². The fourth-order valence-electron chi connectivity index (χ4n) is 1.27. The maximum Gasteiger partial charge on any atom is 0.157 e. The number of aldehydes is 1. The molecule has 0 saturated carbocycles. The van der Waals surface area contributed by atoms with Crippen molar-refractivity contribution in [2.24, 2.45) is 0 Å². The summed E-state index contributed by atoms with van der Waals surface area (Å²) in [5.74, 6) is 1.09. The van der Waals surface area contributed by atoms with E-state index in [2.05, 4.69) is 13.8 Å². The third-order valence-electron chi connectivity index (χ3n) is 2.00. The molecule has 4 heteroatoms. The van der Waals surface area contributed by atoms with Crippen LogP contribution in [0.25, 0.3) is 0 Å². The summed E-state index contributed by atoms with van der Waals surface area (Å²) in [6.45, 7) is 4.27. The lowest BCUT2D eigenvalue weighted by atomic mass is 10.0. The molecule has 0 aromatic heterocycles. The zero-order valence-electron chi connectivity index (χ0n) is 8.70. The molecule has 0 unspecified atom stereocenters. The van der Waals surface area contributed by atoms with Crippen LogP contribution in [0.4, 0.5) is 0 Å². The number of benzene rings is 1. The van der Waals surface area contributed by atoms with Gasteiger partial charge in [0.15, 0.2) is 6.29 Å². The van der Waals surface area contributed by atoms with Crippen LogP contribution in [-0.4, -0.2) is 12.9 Å². The van der Waals surface area contributed by atoms with Crippen LogP contribution in [0.2, 0.25) is 0 Å². The van der Waals surface area contributed by atoms with Gasteiger partial charge in [-0.15, -0.1) is 0 Å². The third-order valence-corrected chi connectivity index (χ3v) is 3.04. The summed E-state index contributed by atoms with van der Waals surface area (Å²) in [7, 11) is 6.96. The summed E-state index contributed by atoms with van der Waals surface area (Å²) in [4.78, 5) is 11.2. The standard InChI is InChI=1S/C11H13ClO2S/c1-8(2)10-7-9(14-6-5-13)3-4-11(10)15-12/h3-5,7-8H,6H2,1-2H3. The number of hydrogen-bond acceptors (Lipinski definition) is 3. The van der Waals surface area contributed by atoms with Crippen LogP contribution in [-0.2, 0) is 4.79 Å². The van der Waals surface area contributed by atoms with Crippen LogP contribution >= 0.6 is 21.7 Å². The van der Waals surface area contributed by atoms with Gasteiger partial charge in [0, 0.05) is 4.90 Å². The maximum absolute atomic E-state index is 10.2. The summed E-state index contributed by atoms with van der Waals surface area (Å²) in [6, 6.07) is 5.66. The summed E-state index contributed by atoms with van der Waals surface area (Å²) in [5.41, 5.74) is 1.14. The number of rotatable bonds is 5. The Hall–Kier alpha value is -0.670. The number of ether oxygens (including phenoxy) is 1. The first-order valence-corrected chi connectivity index (χ1v) is 6.32. The van der Waals surface area contributed by atoms with Crippen molar-refractivity contribution in [2.45, 2.75) is 24.7 Å². The van der Waals surface area contributed by atoms with E-state index in [0.29, 0.717) is 11.7 Å². The highest BCUT2D eigenvalue weighted by Gasteiger charge is 2.08. The van der Waals surface area contributed by atoms with Crippen LogP contribution in [0, 0.1) is 0 Å². The quantitative estimate of drug-likeness (QED) is 0.740. The highest BCUT2D eigenvalue weighted by molar-refractivity contribution is 8.21. The second-order valence-corrected chi connectivity index (χ2v) is 4.47. The van der Waals surface area contributed by atoms with E-state index in [1.165, 1.54) is 11.0 Å². The number of hydrogen-bond donors (Lipinski definition) is 0. The predicted octanol–water partition coefficient (Wildman–Crippen LogP) is 3.63. The van der Waals surface area contributed by atoms with Crippen molar-refractivity contribution < 1.29 is 9.53 Å². The molecule has 0 fully saturated rings. The minimum atomic E-state index is 0.0882. The summed E-state index contributed by atoms with van der Waals surface area (Å²) in [5, 5.41) is 0. The Labute approximate surface area is 98.5 Å². The van der Waals surface area contributed by atoms with Gasteiger partial charge in [-0.2, -0.15) is 0 Å². The predicted molar refractivity (Wildman–Crippen MR) is 63.8 cm³/mol. The Morgan fingerprint density at radius 1 is 1.53 bits per heavy atom. The Bertz CT molecular complexity index is 339. The van der Waals surface area contributed by atoms with Gasteiger partial charge < -0.3 is 4.74 Å². The number of halogens is 1. The second kappa shape index (κ2) is 6.03. The van der Waals surface area contributed by atoms with Gasteiger partial charge in [0.2, 0.25) is 0 Å². The molecule has 0 aliphatic carbocycles. The molecule has 1 aromatic rings. The third kappa shape index (κ3) is 3.43. The van der Waals surface area contributed by atoms with Gasteiger partial charge in [-0.3, -0.25) is 4.79 Å². The lowest BCUT2D eigenvalue weighted by Crippen LogP contribution is -1.99. The van der Waals surface area contributed by atoms with Crippen LogP contribution in [0.15, 0.2) is 23.1 Å². The normalized spacial score (nSPS) is 10.4. The van der Waals surface area contributed by atoms with Gasteiger partial charge in [-0.1, -0.05) is 13.8 Å². The van der Waals surface area contributed by atoms with Gasteiger partial charge in [0.25, 0.3) is 0 Å². The van der Waals surface area contributed by atoms with Crippen molar-refractivity contribution in [3.63, 3.8) is 0 Å². The molecule has 2 nitrogen and oxygen atoms in total. The minimum absolute atomic E-state index is 0.0882. The fraction of sp³-hybridized carbons (Fsp3) is 0.364. The van der Waals surface area contributed by atoms with Gasteiger partial charge in [-0.05, 0) is 51.3 Å². The van der Waals surface area contributed by atoms with Crippen molar-refractivity contribution in [3.05, 3.63) is 23.8 Å². The van der Waals surface area contributed by atoms with Crippen LogP contribution in [0.3, 0.4) is 0 Å². The van der Waals surface area contributed by atoms with Crippen molar-refractivity contribution >= 4 is 27.9 Å². The van der Waals surface area contributed by atoms with E-state index in [1.807, 2.05) is 18.2 Å². The molecule has 1 aromatic carbocycles. The number of carbonyl (C=O) groups excluding carboxylic acids is 1. The summed E-state index contributed by atoms with van der Waals surface area (Å²) < 4.78 is 5.23. The lowest BCUT2D eigenvalue weighted by molar-refractivity contribution is -0.109. The smallest absolute Gasteiger partial charge is 0.157 e. The highest BCUT2D eigenvalue weighted by atomic mass is 35.7. The monoisotopic (exact) mass is 244 g/mol. The first-order valence-electron chi connectivity index (χ1n) is 4.68. The summed E-state index contributed by atoms with van der Waals surface area (Å²) in [6.07, 6.45) is 0.735. The van der Waals surface area contributed by atoms with E-state index in [-0.39, 0.29) is 6.61 Å². The lowest BCUT2D eigenvalue weighted by Gasteiger charge is -2.12. The van der Waals surface area contributed by atoms with Crippen molar-refractivity contribution in [1.29, 1.82) is 0 Å². The molecule has 0 aliphatic rings.